The predicted molar refractivity (Wildman–Crippen MR) is 79.6 cm³/mol. The summed E-state index contributed by atoms with van der Waals surface area (Å²) in [5.41, 5.74) is 0.743. The first-order chi connectivity index (χ1) is 8.99. The second-order valence-corrected chi connectivity index (χ2v) is 5.06. The Morgan fingerprint density at radius 1 is 1.37 bits per heavy atom. The lowest BCUT2D eigenvalue weighted by Crippen LogP contribution is -2.24. The van der Waals surface area contributed by atoms with E-state index in [2.05, 4.69) is 29.5 Å². The van der Waals surface area contributed by atoms with Crippen molar-refractivity contribution in [3.63, 3.8) is 0 Å². The van der Waals surface area contributed by atoms with Crippen LogP contribution in [0.15, 0.2) is 18.3 Å². The molecule has 0 saturated carbocycles. The molecule has 0 radical (unpaired) electrons. The maximum absolute atomic E-state index is 11.7. The van der Waals surface area contributed by atoms with Gasteiger partial charge in [0.2, 0.25) is 5.91 Å². The number of rotatable bonds is 7. The van der Waals surface area contributed by atoms with Crippen molar-refractivity contribution >= 4 is 17.4 Å². The molecule has 106 valence electrons. The second kappa shape index (κ2) is 7.74. The molecule has 0 aliphatic rings. The van der Waals surface area contributed by atoms with E-state index in [0.29, 0.717) is 12.5 Å². The smallest absolute Gasteiger partial charge is 0.224 e. The van der Waals surface area contributed by atoms with Gasteiger partial charge in [-0.05, 0) is 25.1 Å². The number of hydrogen-bond acceptors (Lipinski definition) is 4. The minimum absolute atomic E-state index is 0.0324. The minimum atomic E-state index is 0.0324. The second-order valence-electron chi connectivity index (χ2n) is 5.06. The van der Waals surface area contributed by atoms with Crippen LogP contribution in [0.2, 0.25) is 0 Å². The third-order valence-corrected chi connectivity index (χ3v) is 2.62. The normalized spacial score (nSPS) is 10.6. The van der Waals surface area contributed by atoms with Crippen LogP contribution in [0.4, 0.5) is 11.5 Å². The number of nitrogens with one attached hydrogen (secondary N) is 2. The number of aromatic nitrogens is 1. The van der Waals surface area contributed by atoms with E-state index < -0.39 is 0 Å². The first kappa shape index (κ1) is 15.4. The molecule has 0 bridgehead atoms. The fourth-order valence-electron chi connectivity index (χ4n) is 1.59. The lowest BCUT2D eigenvalue weighted by atomic mass is 10.2. The molecular weight excluding hydrogens is 240 g/mol. The highest BCUT2D eigenvalue weighted by atomic mass is 16.1. The summed E-state index contributed by atoms with van der Waals surface area (Å²) in [5, 5.41) is 6.14. The third-order valence-electron chi connectivity index (χ3n) is 2.62. The first-order valence-corrected chi connectivity index (χ1v) is 6.65. The van der Waals surface area contributed by atoms with Gasteiger partial charge in [0.1, 0.15) is 5.82 Å². The van der Waals surface area contributed by atoms with Gasteiger partial charge in [-0.1, -0.05) is 13.8 Å². The molecule has 0 aliphatic carbocycles. The molecular formula is C14H24N4O. The zero-order valence-corrected chi connectivity index (χ0v) is 12.2. The molecule has 1 aromatic rings. The Labute approximate surface area is 115 Å². The minimum Gasteiger partial charge on any atom is -0.363 e. The van der Waals surface area contributed by atoms with Gasteiger partial charge in [-0.2, -0.15) is 0 Å². The highest BCUT2D eigenvalue weighted by Crippen LogP contribution is 2.11. The van der Waals surface area contributed by atoms with E-state index in [1.807, 2.05) is 31.1 Å². The van der Waals surface area contributed by atoms with Gasteiger partial charge in [-0.3, -0.25) is 4.79 Å². The van der Waals surface area contributed by atoms with Gasteiger partial charge in [0.25, 0.3) is 0 Å². The molecule has 0 fully saturated rings. The molecule has 1 amide bonds. The summed E-state index contributed by atoms with van der Waals surface area (Å²) in [6, 6.07) is 4.22. The summed E-state index contributed by atoms with van der Waals surface area (Å²) in [5.74, 6) is 0.907. The topological polar surface area (TPSA) is 57.3 Å². The molecule has 1 rings (SSSR count). The maximum Gasteiger partial charge on any atom is 0.224 e. The summed E-state index contributed by atoms with van der Waals surface area (Å²) in [6.07, 6.45) is 3.04. The monoisotopic (exact) mass is 264 g/mol. The molecule has 1 heterocycles. The SMILES string of the molecule is CC(C)NCCCC(=O)Nc1ccc(N(C)C)nc1. The summed E-state index contributed by atoms with van der Waals surface area (Å²) in [6.45, 7) is 5.05. The number of nitrogens with zero attached hydrogens (tertiary/aromatic N) is 2. The number of carbonyl (C=O) groups is 1. The number of pyridine rings is 1. The largest absolute Gasteiger partial charge is 0.363 e. The molecule has 0 aromatic carbocycles. The Kier molecular flexibility index (Phi) is 6.29. The molecule has 0 aliphatic heterocycles. The molecule has 2 N–H and O–H groups in total. The van der Waals surface area contributed by atoms with Crippen molar-refractivity contribution in [1.82, 2.24) is 10.3 Å². The Morgan fingerprint density at radius 2 is 2.11 bits per heavy atom. The van der Waals surface area contributed by atoms with Gasteiger partial charge in [0, 0.05) is 26.6 Å². The van der Waals surface area contributed by atoms with Crippen LogP contribution in [0.3, 0.4) is 0 Å². The van der Waals surface area contributed by atoms with Crippen molar-refractivity contribution in [1.29, 1.82) is 0 Å². The van der Waals surface area contributed by atoms with Crippen molar-refractivity contribution in [3.8, 4) is 0 Å². The highest BCUT2D eigenvalue weighted by molar-refractivity contribution is 5.90. The molecule has 19 heavy (non-hydrogen) atoms. The van der Waals surface area contributed by atoms with Crippen molar-refractivity contribution in [2.45, 2.75) is 32.7 Å². The number of amides is 1. The van der Waals surface area contributed by atoms with Crippen LogP contribution in [0.25, 0.3) is 0 Å². The number of hydrogen-bond donors (Lipinski definition) is 2. The molecule has 0 saturated heterocycles. The van der Waals surface area contributed by atoms with Crippen molar-refractivity contribution in [2.24, 2.45) is 0 Å². The van der Waals surface area contributed by atoms with E-state index in [4.69, 9.17) is 0 Å². The van der Waals surface area contributed by atoms with Gasteiger partial charge < -0.3 is 15.5 Å². The maximum atomic E-state index is 11.7. The highest BCUT2D eigenvalue weighted by Gasteiger charge is 2.03. The van der Waals surface area contributed by atoms with Crippen molar-refractivity contribution in [3.05, 3.63) is 18.3 Å². The predicted octanol–water partition coefficient (Wildman–Crippen LogP) is 1.86. The zero-order chi connectivity index (χ0) is 14.3. The Balaban J connectivity index is 2.32. The van der Waals surface area contributed by atoms with E-state index in [1.54, 1.807) is 6.20 Å². The summed E-state index contributed by atoms with van der Waals surface area (Å²) < 4.78 is 0. The fourth-order valence-corrected chi connectivity index (χ4v) is 1.59. The van der Waals surface area contributed by atoms with Crippen molar-refractivity contribution in [2.75, 3.05) is 30.9 Å². The van der Waals surface area contributed by atoms with Crippen LogP contribution in [-0.2, 0) is 4.79 Å². The quantitative estimate of drug-likeness (QED) is 0.738. The van der Waals surface area contributed by atoms with Crippen LogP contribution >= 0.6 is 0 Å². The average molecular weight is 264 g/mol. The molecule has 5 nitrogen and oxygen atoms in total. The zero-order valence-electron chi connectivity index (χ0n) is 12.2. The molecule has 1 aromatic heterocycles. The van der Waals surface area contributed by atoms with Crippen LogP contribution in [0.1, 0.15) is 26.7 Å². The first-order valence-electron chi connectivity index (χ1n) is 6.65. The van der Waals surface area contributed by atoms with Crippen LogP contribution in [0.5, 0.6) is 0 Å². The van der Waals surface area contributed by atoms with Gasteiger partial charge in [0.05, 0.1) is 11.9 Å². The molecule has 0 atom stereocenters. The summed E-state index contributed by atoms with van der Waals surface area (Å²) >= 11 is 0. The van der Waals surface area contributed by atoms with E-state index in [0.717, 1.165) is 24.5 Å². The lowest BCUT2D eigenvalue weighted by molar-refractivity contribution is -0.116. The van der Waals surface area contributed by atoms with Crippen LogP contribution in [-0.4, -0.2) is 37.6 Å². The average Bonchev–Trinajstić information content (AvgIpc) is 2.35. The van der Waals surface area contributed by atoms with E-state index in [1.165, 1.54) is 0 Å². The van der Waals surface area contributed by atoms with E-state index in [9.17, 15) is 4.79 Å². The standard InChI is InChI=1S/C14H24N4O/c1-11(2)15-9-5-6-14(19)17-12-7-8-13(16-10-12)18(3)4/h7-8,10-11,15H,5-6,9H2,1-4H3,(H,17,19). The fraction of sp³-hybridized carbons (Fsp3) is 0.571. The Bertz CT molecular complexity index is 387. The number of carbonyl (C=O) groups excluding carboxylic acids is 1. The molecule has 5 heteroatoms. The van der Waals surface area contributed by atoms with Crippen LogP contribution < -0.4 is 15.5 Å². The van der Waals surface area contributed by atoms with E-state index >= 15 is 0 Å². The summed E-state index contributed by atoms with van der Waals surface area (Å²) in [7, 11) is 3.87. The molecule has 0 unspecified atom stereocenters. The molecule has 0 spiro atoms. The van der Waals surface area contributed by atoms with Gasteiger partial charge in [-0.15, -0.1) is 0 Å². The third kappa shape index (κ3) is 6.20. The van der Waals surface area contributed by atoms with E-state index in [-0.39, 0.29) is 5.91 Å². The van der Waals surface area contributed by atoms with Gasteiger partial charge in [0.15, 0.2) is 0 Å². The van der Waals surface area contributed by atoms with Crippen LogP contribution in [0, 0.1) is 0 Å². The van der Waals surface area contributed by atoms with Gasteiger partial charge >= 0.3 is 0 Å². The van der Waals surface area contributed by atoms with Crippen molar-refractivity contribution < 1.29 is 4.79 Å². The number of anilines is 2. The Morgan fingerprint density at radius 3 is 2.63 bits per heavy atom. The lowest BCUT2D eigenvalue weighted by Gasteiger charge is -2.12. The summed E-state index contributed by atoms with van der Waals surface area (Å²) in [4.78, 5) is 17.9. The van der Waals surface area contributed by atoms with Gasteiger partial charge in [-0.25, -0.2) is 4.98 Å². The Hall–Kier alpha value is -1.62.